The Morgan fingerprint density at radius 3 is 2.52 bits per heavy atom. The standard InChI is InChI=1S/C21H33N3O/c1-4-6-7-15-25-20-10-8-19(9-11-20)21(16-22)24-14-13-23(12-5-2)18(3)17-24/h8-11,18,21H,4-7,12-15,17H2,1-3H3. The molecule has 1 aromatic rings. The third-order valence-corrected chi connectivity index (χ3v) is 5.01. The average Bonchev–Trinajstić information content (AvgIpc) is 2.63. The van der Waals surface area contributed by atoms with Crippen molar-refractivity contribution in [2.45, 2.75) is 58.5 Å². The molecule has 0 spiro atoms. The van der Waals surface area contributed by atoms with Crippen molar-refractivity contribution in [3.8, 4) is 11.8 Å². The summed E-state index contributed by atoms with van der Waals surface area (Å²) in [5, 5.41) is 9.72. The zero-order valence-electron chi connectivity index (χ0n) is 16.1. The molecule has 2 unspecified atom stereocenters. The summed E-state index contributed by atoms with van der Waals surface area (Å²) in [6.45, 7) is 11.6. The summed E-state index contributed by atoms with van der Waals surface area (Å²) in [5.74, 6) is 0.901. The van der Waals surface area contributed by atoms with Crippen LogP contribution in [0, 0.1) is 11.3 Å². The first-order chi connectivity index (χ1) is 12.2. The van der Waals surface area contributed by atoms with Crippen LogP contribution in [0.25, 0.3) is 0 Å². The normalized spacial score (nSPS) is 20.2. The molecule has 1 saturated heterocycles. The fraction of sp³-hybridized carbons (Fsp3) is 0.667. The van der Waals surface area contributed by atoms with Crippen LogP contribution in [0.15, 0.2) is 24.3 Å². The monoisotopic (exact) mass is 343 g/mol. The maximum Gasteiger partial charge on any atom is 0.123 e. The van der Waals surface area contributed by atoms with Gasteiger partial charge in [0.05, 0.1) is 12.7 Å². The molecule has 1 aliphatic rings. The molecule has 0 aliphatic carbocycles. The molecule has 1 aliphatic heterocycles. The largest absolute Gasteiger partial charge is 0.494 e. The molecule has 0 bridgehead atoms. The minimum atomic E-state index is -0.166. The molecule has 2 rings (SSSR count). The van der Waals surface area contributed by atoms with Crippen LogP contribution in [0.3, 0.4) is 0 Å². The number of nitrogens with zero attached hydrogens (tertiary/aromatic N) is 3. The smallest absolute Gasteiger partial charge is 0.123 e. The van der Waals surface area contributed by atoms with Gasteiger partial charge in [0.1, 0.15) is 11.8 Å². The Morgan fingerprint density at radius 2 is 1.92 bits per heavy atom. The molecule has 1 fully saturated rings. The number of piperazine rings is 1. The van der Waals surface area contributed by atoms with E-state index in [4.69, 9.17) is 4.74 Å². The van der Waals surface area contributed by atoms with Crippen LogP contribution in [0.1, 0.15) is 58.1 Å². The van der Waals surface area contributed by atoms with Gasteiger partial charge in [0, 0.05) is 25.7 Å². The molecular formula is C21H33N3O. The lowest BCUT2D eigenvalue weighted by molar-refractivity contribution is 0.0690. The van der Waals surface area contributed by atoms with Gasteiger partial charge in [-0.1, -0.05) is 38.8 Å². The lowest BCUT2D eigenvalue weighted by Crippen LogP contribution is -2.52. The van der Waals surface area contributed by atoms with Crippen LogP contribution in [0.2, 0.25) is 0 Å². The van der Waals surface area contributed by atoms with Crippen LogP contribution in [-0.2, 0) is 0 Å². The predicted molar refractivity (Wildman–Crippen MR) is 103 cm³/mol. The number of hydrogen-bond donors (Lipinski definition) is 0. The zero-order valence-corrected chi connectivity index (χ0v) is 16.1. The van der Waals surface area contributed by atoms with Gasteiger partial charge in [-0.15, -0.1) is 0 Å². The number of ether oxygens (including phenoxy) is 1. The van der Waals surface area contributed by atoms with Crippen LogP contribution >= 0.6 is 0 Å². The Balaban J connectivity index is 1.93. The molecule has 1 heterocycles. The average molecular weight is 344 g/mol. The highest BCUT2D eigenvalue weighted by Gasteiger charge is 2.28. The molecule has 138 valence electrons. The van der Waals surface area contributed by atoms with Gasteiger partial charge < -0.3 is 4.74 Å². The maximum absolute atomic E-state index is 9.72. The van der Waals surface area contributed by atoms with Gasteiger partial charge in [-0.05, 0) is 44.0 Å². The Kier molecular flexibility index (Phi) is 8.24. The third-order valence-electron chi connectivity index (χ3n) is 5.01. The van der Waals surface area contributed by atoms with E-state index in [2.05, 4.69) is 36.6 Å². The van der Waals surface area contributed by atoms with Crippen LogP contribution in [0.4, 0.5) is 0 Å². The van der Waals surface area contributed by atoms with Crippen molar-refractivity contribution in [2.24, 2.45) is 0 Å². The number of benzene rings is 1. The van der Waals surface area contributed by atoms with Crippen molar-refractivity contribution in [3.05, 3.63) is 29.8 Å². The highest BCUT2D eigenvalue weighted by atomic mass is 16.5. The second-order valence-corrected chi connectivity index (χ2v) is 7.04. The topological polar surface area (TPSA) is 39.5 Å². The van der Waals surface area contributed by atoms with E-state index in [0.717, 1.165) is 50.5 Å². The fourth-order valence-corrected chi connectivity index (χ4v) is 3.53. The summed E-state index contributed by atoms with van der Waals surface area (Å²) >= 11 is 0. The molecule has 0 amide bonds. The highest BCUT2D eigenvalue weighted by molar-refractivity contribution is 5.31. The van der Waals surface area contributed by atoms with Gasteiger partial charge in [-0.3, -0.25) is 9.80 Å². The van der Waals surface area contributed by atoms with Crippen molar-refractivity contribution >= 4 is 0 Å². The van der Waals surface area contributed by atoms with Crippen molar-refractivity contribution in [2.75, 3.05) is 32.8 Å². The Bertz CT molecular complexity index is 537. The minimum Gasteiger partial charge on any atom is -0.494 e. The minimum absolute atomic E-state index is 0.166. The van der Waals surface area contributed by atoms with Gasteiger partial charge in [0.15, 0.2) is 0 Å². The summed E-state index contributed by atoms with van der Waals surface area (Å²) in [5.41, 5.74) is 1.07. The summed E-state index contributed by atoms with van der Waals surface area (Å²) < 4.78 is 5.78. The summed E-state index contributed by atoms with van der Waals surface area (Å²) in [4.78, 5) is 4.84. The van der Waals surface area contributed by atoms with Crippen molar-refractivity contribution in [3.63, 3.8) is 0 Å². The van der Waals surface area contributed by atoms with E-state index in [9.17, 15) is 5.26 Å². The summed E-state index contributed by atoms with van der Waals surface area (Å²) in [6, 6.07) is 10.9. The Hall–Kier alpha value is -1.57. The predicted octanol–water partition coefficient (Wildman–Crippen LogP) is 4.24. The van der Waals surface area contributed by atoms with Crippen molar-refractivity contribution < 1.29 is 4.74 Å². The fourth-order valence-electron chi connectivity index (χ4n) is 3.53. The molecule has 0 aromatic heterocycles. The van der Waals surface area contributed by atoms with Gasteiger partial charge >= 0.3 is 0 Å². The first-order valence-electron chi connectivity index (χ1n) is 9.80. The van der Waals surface area contributed by atoms with E-state index in [1.807, 2.05) is 24.3 Å². The van der Waals surface area contributed by atoms with E-state index < -0.39 is 0 Å². The maximum atomic E-state index is 9.72. The van der Waals surface area contributed by atoms with E-state index in [-0.39, 0.29) is 6.04 Å². The third kappa shape index (κ3) is 5.73. The molecule has 0 saturated carbocycles. The van der Waals surface area contributed by atoms with Gasteiger partial charge in [0.25, 0.3) is 0 Å². The van der Waals surface area contributed by atoms with E-state index in [0.29, 0.717) is 6.04 Å². The van der Waals surface area contributed by atoms with E-state index in [1.54, 1.807) is 0 Å². The first-order valence-corrected chi connectivity index (χ1v) is 9.80. The Labute approximate surface area is 153 Å². The van der Waals surface area contributed by atoms with Crippen molar-refractivity contribution in [1.29, 1.82) is 5.26 Å². The number of unbranched alkanes of at least 4 members (excludes halogenated alkanes) is 2. The SMILES string of the molecule is CCCCCOc1ccc(C(C#N)N2CCN(CCC)C(C)C2)cc1. The second kappa shape index (κ2) is 10.4. The molecular weight excluding hydrogens is 310 g/mol. The van der Waals surface area contributed by atoms with E-state index in [1.165, 1.54) is 19.3 Å². The molecule has 1 aromatic carbocycles. The second-order valence-electron chi connectivity index (χ2n) is 7.04. The zero-order chi connectivity index (χ0) is 18.1. The Morgan fingerprint density at radius 1 is 1.16 bits per heavy atom. The number of rotatable bonds is 9. The summed E-state index contributed by atoms with van der Waals surface area (Å²) in [6.07, 6.45) is 4.69. The van der Waals surface area contributed by atoms with Gasteiger partial charge in [-0.2, -0.15) is 5.26 Å². The number of hydrogen-bond acceptors (Lipinski definition) is 4. The van der Waals surface area contributed by atoms with Gasteiger partial charge in [-0.25, -0.2) is 0 Å². The summed E-state index contributed by atoms with van der Waals surface area (Å²) in [7, 11) is 0. The quantitative estimate of drug-likeness (QED) is 0.629. The molecule has 2 atom stereocenters. The molecule has 0 N–H and O–H groups in total. The van der Waals surface area contributed by atoms with Gasteiger partial charge in [0.2, 0.25) is 0 Å². The lowest BCUT2D eigenvalue weighted by atomic mass is 10.0. The molecule has 0 radical (unpaired) electrons. The van der Waals surface area contributed by atoms with Crippen LogP contribution < -0.4 is 4.74 Å². The number of nitriles is 1. The van der Waals surface area contributed by atoms with Crippen molar-refractivity contribution in [1.82, 2.24) is 9.80 Å². The molecule has 25 heavy (non-hydrogen) atoms. The first kappa shape index (κ1) is 19.8. The van der Waals surface area contributed by atoms with Crippen LogP contribution in [-0.4, -0.2) is 48.6 Å². The molecule has 4 heteroatoms. The van der Waals surface area contributed by atoms with E-state index >= 15 is 0 Å². The molecule has 4 nitrogen and oxygen atoms in total. The van der Waals surface area contributed by atoms with Crippen LogP contribution in [0.5, 0.6) is 5.75 Å². The highest BCUT2D eigenvalue weighted by Crippen LogP contribution is 2.25. The lowest BCUT2D eigenvalue weighted by Gasteiger charge is -2.41.